The van der Waals surface area contributed by atoms with Crippen molar-refractivity contribution in [2.24, 2.45) is 0 Å². The van der Waals surface area contributed by atoms with Crippen LogP contribution in [0.15, 0.2) is 18.2 Å². The summed E-state index contributed by atoms with van der Waals surface area (Å²) in [7, 11) is 1.56. The van der Waals surface area contributed by atoms with E-state index in [9.17, 15) is 4.79 Å². The van der Waals surface area contributed by atoms with Crippen molar-refractivity contribution in [2.75, 3.05) is 32.1 Å². The molecule has 1 amide bonds. The Balaban J connectivity index is 1.92. The number of carbonyl (C=O) groups is 1. The zero-order valence-corrected chi connectivity index (χ0v) is 12.5. The zero-order chi connectivity index (χ0) is 14.6. The van der Waals surface area contributed by atoms with Crippen LogP contribution in [0.3, 0.4) is 0 Å². The second kappa shape index (κ2) is 6.43. The van der Waals surface area contributed by atoms with Gasteiger partial charge in [-0.1, -0.05) is 11.6 Å². The number of ether oxygens (including phenoxy) is 1. The van der Waals surface area contributed by atoms with E-state index in [0.717, 1.165) is 19.5 Å². The molecule has 6 heteroatoms. The van der Waals surface area contributed by atoms with Crippen molar-refractivity contribution in [1.82, 2.24) is 10.6 Å². The van der Waals surface area contributed by atoms with Crippen molar-refractivity contribution in [3.05, 3.63) is 23.2 Å². The molecule has 0 spiro atoms. The normalized spacial score (nSPS) is 21.8. The van der Waals surface area contributed by atoms with Gasteiger partial charge in [0.15, 0.2) is 0 Å². The predicted octanol–water partition coefficient (Wildman–Crippen LogP) is 1.63. The number of halogens is 1. The van der Waals surface area contributed by atoms with Gasteiger partial charge in [-0.3, -0.25) is 4.79 Å². The van der Waals surface area contributed by atoms with Crippen LogP contribution in [0.4, 0.5) is 5.69 Å². The van der Waals surface area contributed by atoms with Crippen molar-refractivity contribution in [3.8, 4) is 5.75 Å². The first-order valence-electron chi connectivity index (χ1n) is 6.61. The van der Waals surface area contributed by atoms with E-state index >= 15 is 0 Å². The molecule has 0 radical (unpaired) electrons. The highest BCUT2D eigenvalue weighted by Gasteiger charge is 2.28. The summed E-state index contributed by atoms with van der Waals surface area (Å²) in [4.78, 5) is 12.0. The summed E-state index contributed by atoms with van der Waals surface area (Å²) in [5.41, 5.74) is 0.567. The van der Waals surface area contributed by atoms with Crippen LogP contribution in [0, 0.1) is 0 Å². The molecule has 1 aromatic carbocycles. The van der Waals surface area contributed by atoms with Crippen molar-refractivity contribution >= 4 is 23.2 Å². The molecule has 1 unspecified atom stereocenters. The second-order valence-corrected chi connectivity index (χ2v) is 5.67. The monoisotopic (exact) mass is 297 g/mol. The minimum atomic E-state index is -0.112. The molecule has 1 aliphatic heterocycles. The first kappa shape index (κ1) is 15.1. The third-order valence-electron chi connectivity index (χ3n) is 3.48. The molecule has 5 nitrogen and oxygen atoms in total. The van der Waals surface area contributed by atoms with Gasteiger partial charge < -0.3 is 20.7 Å². The average Bonchev–Trinajstić information content (AvgIpc) is 2.84. The molecule has 1 fully saturated rings. The van der Waals surface area contributed by atoms with E-state index < -0.39 is 0 Å². The Morgan fingerprint density at radius 2 is 2.35 bits per heavy atom. The van der Waals surface area contributed by atoms with E-state index in [-0.39, 0.29) is 18.0 Å². The molecule has 0 aliphatic carbocycles. The van der Waals surface area contributed by atoms with Crippen LogP contribution < -0.4 is 20.7 Å². The van der Waals surface area contributed by atoms with Gasteiger partial charge in [-0.25, -0.2) is 0 Å². The van der Waals surface area contributed by atoms with Crippen LogP contribution in [-0.2, 0) is 4.79 Å². The second-order valence-electron chi connectivity index (χ2n) is 5.23. The summed E-state index contributed by atoms with van der Waals surface area (Å²) in [6.07, 6.45) is 1.01. The fourth-order valence-corrected chi connectivity index (χ4v) is 2.41. The lowest BCUT2D eigenvalue weighted by Crippen LogP contribution is -2.47. The summed E-state index contributed by atoms with van der Waals surface area (Å²) in [5, 5.41) is 9.93. The molecule has 2 rings (SSSR count). The molecule has 3 N–H and O–H groups in total. The number of anilines is 1. The van der Waals surface area contributed by atoms with E-state index in [1.165, 1.54) is 0 Å². The summed E-state index contributed by atoms with van der Waals surface area (Å²) in [6.45, 7) is 4.22. The Labute approximate surface area is 124 Å². The van der Waals surface area contributed by atoms with Gasteiger partial charge in [0, 0.05) is 17.1 Å². The number of nitrogens with one attached hydrogen (secondary N) is 3. The summed E-state index contributed by atoms with van der Waals surface area (Å²) < 4.78 is 5.20. The van der Waals surface area contributed by atoms with E-state index in [1.54, 1.807) is 25.3 Å². The number of carbonyl (C=O) groups excluding carboxylic acids is 1. The molecule has 0 bridgehead atoms. The number of hydrogen-bond donors (Lipinski definition) is 3. The highest BCUT2D eigenvalue weighted by molar-refractivity contribution is 6.31. The minimum absolute atomic E-state index is 0.0181. The third kappa shape index (κ3) is 3.85. The standard InChI is InChI=1S/C14H20ClN3O2/c1-14(5-6-16-9-14)17-8-13(19)18-11-7-10(15)3-4-12(11)20-2/h3-4,7,16-17H,5-6,8-9H2,1-2H3,(H,18,19). The Bertz CT molecular complexity index is 487. The number of rotatable bonds is 5. The molecule has 110 valence electrons. The molecule has 1 atom stereocenters. The number of benzene rings is 1. The first-order valence-corrected chi connectivity index (χ1v) is 6.99. The number of amides is 1. The van der Waals surface area contributed by atoms with Crippen LogP contribution in [0.5, 0.6) is 5.75 Å². The van der Waals surface area contributed by atoms with Crippen molar-refractivity contribution in [2.45, 2.75) is 18.9 Å². The maximum absolute atomic E-state index is 12.0. The maximum atomic E-state index is 12.0. The molecular formula is C14H20ClN3O2. The lowest BCUT2D eigenvalue weighted by atomic mass is 10.0. The van der Waals surface area contributed by atoms with Gasteiger partial charge in [-0.2, -0.15) is 0 Å². The van der Waals surface area contributed by atoms with Crippen molar-refractivity contribution < 1.29 is 9.53 Å². The Morgan fingerprint density at radius 3 is 3.00 bits per heavy atom. The quantitative estimate of drug-likeness (QED) is 0.773. The predicted molar refractivity (Wildman–Crippen MR) is 80.5 cm³/mol. The topological polar surface area (TPSA) is 62.4 Å². The molecule has 1 aliphatic rings. The van der Waals surface area contributed by atoms with Gasteiger partial charge in [-0.05, 0) is 38.1 Å². The van der Waals surface area contributed by atoms with Gasteiger partial charge >= 0.3 is 0 Å². The van der Waals surface area contributed by atoms with Crippen LogP contribution in [0.1, 0.15) is 13.3 Å². The molecule has 1 aromatic rings. The number of hydrogen-bond acceptors (Lipinski definition) is 4. The lowest BCUT2D eigenvalue weighted by Gasteiger charge is -2.24. The Kier molecular flexibility index (Phi) is 4.86. The van der Waals surface area contributed by atoms with E-state index in [0.29, 0.717) is 16.5 Å². The van der Waals surface area contributed by atoms with Crippen LogP contribution >= 0.6 is 11.6 Å². The summed E-state index contributed by atoms with van der Waals surface area (Å²) in [6, 6.07) is 5.13. The van der Waals surface area contributed by atoms with Crippen LogP contribution in [0.25, 0.3) is 0 Å². The highest BCUT2D eigenvalue weighted by atomic mass is 35.5. The minimum Gasteiger partial charge on any atom is -0.495 e. The van der Waals surface area contributed by atoms with Crippen LogP contribution in [-0.4, -0.2) is 38.2 Å². The lowest BCUT2D eigenvalue weighted by molar-refractivity contribution is -0.115. The first-order chi connectivity index (χ1) is 9.52. The molecule has 20 heavy (non-hydrogen) atoms. The summed E-state index contributed by atoms with van der Waals surface area (Å²) >= 11 is 5.93. The van der Waals surface area contributed by atoms with Gasteiger partial charge in [0.25, 0.3) is 0 Å². The van der Waals surface area contributed by atoms with E-state index in [4.69, 9.17) is 16.3 Å². The zero-order valence-electron chi connectivity index (χ0n) is 11.8. The van der Waals surface area contributed by atoms with Crippen molar-refractivity contribution in [3.63, 3.8) is 0 Å². The fourth-order valence-electron chi connectivity index (χ4n) is 2.23. The van der Waals surface area contributed by atoms with Gasteiger partial charge in [0.1, 0.15) is 5.75 Å². The third-order valence-corrected chi connectivity index (χ3v) is 3.72. The summed E-state index contributed by atoms with van der Waals surface area (Å²) in [5.74, 6) is 0.482. The van der Waals surface area contributed by atoms with Gasteiger partial charge in [0.2, 0.25) is 5.91 Å². The van der Waals surface area contributed by atoms with Crippen LogP contribution in [0.2, 0.25) is 5.02 Å². The highest BCUT2D eigenvalue weighted by Crippen LogP contribution is 2.27. The largest absolute Gasteiger partial charge is 0.495 e. The maximum Gasteiger partial charge on any atom is 0.238 e. The van der Waals surface area contributed by atoms with Crippen molar-refractivity contribution in [1.29, 1.82) is 0 Å². The molecule has 0 aromatic heterocycles. The fraction of sp³-hybridized carbons (Fsp3) is 0.500. The number of methoxy groups -OCH3 is 1. The van der Waals surface area contributed by atoms with Gasteiger partial charge in [0.05, 0.1) is 19.3 Å². The van der Waals surface area contributed by atoms with Gasteiger partial charge in [-0.15, -0.1) is 0 Å². The Morgan fingerprint density at radius 1 is 1.55 bits per heavy atom. The molecule has 0 saturated carbocycles. The molecular weight excluding hydrogens is 278 g/mol. The molecule has 1 heterocycles. The SMILES string of the molecule is COc1ccc(Cl)cc1NC(=O)CNC1(C)CCNC1. The van der Waals surface area contributed by atoms with E-state index in [2.05, 4.69) is 22.9 Å². The van der Waals surface area contributed by atoms with E-state index in [1.807, 2.05) is 0 Å². The average molecular weight is 298 g/mol. The Hall–Kier alpha value is -1.30. The molecule has 1 saturated heterocycles. The smallest absolute Gasteiger partial charge is 0.238 e.